The predicted octanol–water partition coefficient (Wildman–Crippen LogP) is 2.62. The molecule has 1 amide bonds. The second-order valence-electron chi connectivity index (χ2n) is 4.76. The number of rotatable bonds is 4. The smallest absolute Gasteiger partial charge is 0.226 e. The molecule has 0 fully saturated rings. The number of amides is 1. The van der Waals surface area contributed by atoms with Crippen molar-refractivity contribution in [2.45, 2.75) is 33.2 Å². The summed E-state index contributed by atoms with van der Waals surface area (Å²) in [5, 5.41) is 6.99. The maximum atomic E-state index is 12.8. The lowest BCUT2D eigenvalue weighted by Crippen LogP contribution is -2.19. The first kappa shape index (κ1) is 14.2. The van der Waals surface area contributed by atoms with Crippen LogP contribution >= 0.6 is 0 Å². The van der Waals surface area contributed by atoms with Crippen LogP contribution in [0, 0.1) is 19.7 Å². The fourth-order valence-corrected chi connectivity index (χ4v) is 2.05. The molecular formula is C14H17FN4O. The number of nitrogens with zero attached hydrogens (tertiary/aromatic N) is 3. The third kappa shape index (κ3) is 3.40. The number of carbonyl (C=O) groups is 1. The molecule has 0 aliphatic heterocycles. The highest BCUT2D eigenvalue weighted by Gasteiger charge is 2.14. The largest absolute Gasteiger partial charge is 0.326 e. The molecule has 6 heteroatoms. The monoisotopic (exact) mass is 276 g/mol. The van der Waals surface area contributed by atoms with Crippen molar-refractivity contribution in [1.82, 2.24) is 14.8 Å². The highest BCUT2D eigenvalue weighted by molar-refractivity contribution is 5.90. The molecule has 5 nitrogen and oxygen atoms in total. The quantitative estimate of drug-likeness (QED) is 0.933. The van der Waals surface area contributed by atoms with Crippen LogP contribution in [0.1, 0.15) is 31.0 Å². The zero-order chi connectivity index (χ0) is 14.7. The van der Waals surface area contributed by atoms with Crippen LogP contribution in [0.15, 0.2) is 24.3 Å². The van der Waals surface area contributed by atoms with E-state index < -0.39 is 0 Å². The third-order valence-electron chi connectivity index (χ3n) is 2.93. The molecule has 1 heterocycles. The molecule has 0 aliphatic carbocycles. The van der Waals surface area contributed by atoms with Crippen LogP contribution < -0.4 is 5.32 Å². The first-order valence-corrected chi connectivity index (χ1v) is 6.41. The molecule has 1 aromatic heterocycles. The highest BCUT2D eigenvalue weighted by atomic mass is 19.1. The SMILES string of the molecule is Cc1nc(C)n([C@H](C)CC(=O)Nc2ccc(F)cc2)n1. The van der Waals surface area contributed by atoms with Crippen LogP contribution in [0.5, 0.6) is 0 Å². The van der Waals surface area contributed by atoms with Crippen LogP contribution in [0.2, 0.25) is 0 Å². The minimum absolute atomic E-state index is 0.0864. The number of anilines is 1. The van der Waals surface area contributed by atoms with Gasteiger partial charge in [0.15, 0.2) is 0 Å². The Balaban J connectivity index is 1.97. The van der Waals surface area contributed by atoms with Crippen molar-refractivity contribution in [2.75, 3.05) is 5.32 Å². The molecular weight excluding hydrogens is 259 g/mol. The van der Waals surface area contributed by atoms with E-state index in [1.54, 1.807) is 4.68 Å². The van der Waals surface area contributed by atoms with E-state index in [1.807, 2.05) is 20.8 Å². The number of aromatic nitrogens is 3. The average molecular weight is 276 g/mol. The van der Waals surface area contributed by atoms with E-state index in [0.717, 1.165) is 5.82 Å². The summed E-state index contributed by atoms with van der Waals surface area (Å²) in [7, 11) is 0. The van der Waals surface area contributed by atoms with E-state index in [-0.39, 0.29) is 24.2 Å². The summed E-state index contributed by atoms with van der Waals surface area (Å²) in [6.07, 6.45) is 0.279. The van der Waals surface area contributed by atoms with Gasteiger partial charge in [-0.3, -0.25) is 4.79 Å². The van der Waals surface area contributed by atoms with Gasteiger partial charge in [-0.25, -0.2) is 14.1 Å². The van der Waals surface area contributed by atoms with E-state index >= 15 is 0 Å². The van der Waals surface area contributed by atoms with Crippen molar-refractivity contribution in [3.8, 4) is 0 Å². The van der Waals surface area contributed by atoms with Crippen molar-refractivity contribution in [3.63, 3.8) is 0 Å². The Kier molecular flexibility index (Phi) is 4.12. The predicted molar refractivity (Wildman–Crippen MR) is 73.9 cm³/mol. The zero-order valence-electron chi connectivity index (χ0n) is 11.7. The zero-order valence-corrected chi connectivity index (χ0v) is 11.7. The highest BCUT2D eigenvalue weighted by Crippen LogP contribution is 2.14. The minimum Gasteiger partial charge on any atom is -0.326 e. The molecule has 106 valence electrons. The molecule has 1 atom stereocenters. The average Bonchev–Trinajstić information content (AvgIpc) is 2.71. The molecule has 2 aromatic rings. The van der Waals surface area contributed by atoms with Gasteiger partial charge in [0.05, 0.1) is 6.04 Å². The fraction of sp³-hybridized carbons (Fsp3) is 0.357. The van der Waals surface area contributed by atoms with Crippen LogP contribution in [0.4, 0.5) is 10.1 Å². The van der Waals surface area contributed by atoms with Gasteiger partial charge >= 0.3 is 0 Å². The maximum Gasteiger partial charge on any atom is 0.226 e. The molecule has 1 aromatic carbocycles. The number of benzene rings is 1. The molecule has 20 heavy (non-hydrogen) atoms. The first-order chi connectivity index (χ1) is 9.45. The van der Waals surface area contributed by atoms with E-state index in [9.17, 15) is 9.18 Å². The Bertz CT molecular complexity index is 606. The number of carbonyl (C=O) groups excluding carboxylic acids is 1. The van der Waals surface area contributed by atoms with Crippen molar-refractivity contribution < 1.29 is 9.18 Å². The number of nitrogens with one attached hydrogen (secondary N) is 1. The number of hydrogen-bond acceptors (Lipinski definition) is 3. The molecule has 0 radical (unpaired) electrons. The lowest BCUT2D eigenvalue weighted by molar-refractivity contribution is -0.116. The van der Waals surface area contributed by atoms with Gasteiger partial charge in [-0.05, 0) is 45.0 Å². The van der Waals surface area contributed by atoms with Crippen molar-refractivity contribution in [1.29, 1.82) is 0 Å². The molecule has 1 N–H and O–H groups in total. The Morgan fingerprint density at radius 3 is 2.55 bits per heavy atom. The Hall–Kier alpha value is -2.24. The van der Waals surface area contributed by atoms with Crippen molar-refractivity contribution in [3.05, 3.63) is 41.7 Å². The molecule has 2 rings (SSSR count). The summed E-state index contributed by atoms with van der Waals surface area (Å²) in [5.41, 5.74) is 0.579. The lowest BCUT2D eigenvalue weighted by atomic mass is 10.2. The molecule has 0 bridgehead atoms. The van der Waals surface area contributed by atoms with Gasteiger partial charge in [0.2, 0.25) is 5.91 Å². The summed E-state index contributed by atoms with van der Waals surface area (Å²) in [4.78, 5) is 16.1. The summed E-state index contributed by atoms with van der Waals surface area (Å²) in [6.45, 7) is 5.58. The first-order valence-electron chi connectivity index (χ1n) is 6.41. The normalized spacial score (nSPS) is 12.2. The standard InChI is InChI=1S/C14H17FN4O/c1-9(19-11(3)16-10(2)18-19)8-14(20)17-13-6-4-12(15)5-7-13/h4-7,9H,8H2,1-3H3,(H,17,20)/t9-/m1/s1. The van der Waals surface area contributed by atoms with E-state index in [4.69, 9.17) is 0 Å². The minimum atomic E-state index is -0.329. The van der Waals surface area contributed by atoms with Gasteiger partial charge < -0.3 is 5.32 Å². The Labute approximate surface area is 116 Å². The van der Waals surface area contributed by atoms with Crippen LogP contribution in [0.25, 0.3) is 0 Å². The van der Waals surface area contributed by atoms with Gasteiger partial charge in [-0.2, -0.15) is 5.10 Å². The molecule has 0 spiro atoms. The number of halogens is 1. The second kappa shape index (κ2) is 5.81. The summed E-state index contributed by atoms with van der Waals surface area (Å²) in [5.74, 6) is 1.000. The summed E-state index contributed by atoms with van der Waals surface area (Å²) in [6, 6.07) is 5.59. The van der Waals surface area contributed by atoms with Crippen molar-refractivity contribution in [2.24, 2.45) is 0 Å². The van der Waals surface area contributed by atoms with Gasteiger partial charge in [0, 0.05) is 12.1 Å². The summed E-state index contributed by atoms with van der Waals surface area (Å²) < 4.78 is 14.5. The molecule has 0 aliphatic rings. The molecule has 0 saturated carbocycles. The van der Waals surface area contributed by atoms with Gasteiger partial charge in [0.25, 0.3) is 0 Å². The van der Waals surface area contributed by atoms with Crippen LogP contribution in [-0.4, -0.2) is 20.7 Å². The van der Waals surface area contributed by atoms with E-state index in [2.05, 4.69) is 15.4 Å². The fourth-order valence-electron chi connectivity index (χ4n) is 2.05. The number of hydrogen-bond donors (Lipinski definition) is 1. The Morgan fingerprint density at radius 2 is 2.00 bits per heavy atom. The van der Waals surface area contributed by atoms with E-state index in [0.29, 0.717) is 11.5 Å². The third-order valence-corrected chi connectivity index (χ3v) is 2.93. The molecule has 0 unspecified atom stereocenters. The van der Waals surface area contributed by atoms with Crippen LogP contribution in [-0.2, 0) is 4.79 Å². The maximum absolute atomic E-state index is 12.8. The van der Waals surface area contributed by atoms with Crippen molar-refractivity contribution >= 4 is 11.6 Å². The molecule has 0 saturated heterocycles. The summed E-state index contributed by atoms with van der Waals surface area (Å²) >= 11 is 0. The topological polar surface area (TPSA) is 59.8 Å². The van der Waals surface area contributed by atoms with E-state index in [1.165, 1.54) is 24.3 Å². The number of aryl methyl sites for hydroxylation is 2. The Morgan fingerprint density at radius 1 is 1.35 bits per heavy atom. The second-order valence-corrected chi connectivity index (χ2v) is 4.76. The van der Waals surface area contributed by atoms with Gasteiger partial charge in [-0.15, -0.1) is 0 Å². The van der Waals surface area contributed by atoms with Gasteiger partial charge in [0.1, 0.15) is 17.5 Å². The van der Waals surface area contributed by atoms with Gasteiger partial charge in [-0.1, -0.05) is 0 Å². The lowest BCUT2D eigenvalue weighted by Gasteiger charge is -2.13. The van der Waals surface area contributed by atoms with Crippen LogP contribution in [0.3, 0.4) is 0 Å².